The van der Waals surface area contributed by atoms with Gasteiger partial charge in [0.2, 0.25) is 5.95 Å². The molecule has 4 aromatic rings. The third kappa shape index (κ3) is 3.04. The molecule has 142 valence electrons. The molecule has 1 aromatic carbocycles. The molecular weight excluding hydrogens is 369 g/mol. The highest BCUT2D eigenvalue weighted by atomic mass is 19.4. The molecule has 0 bridgehead atoms. The number of nitrogens with zero attached hydrogens (tertiary/aromatic N) is 5. The maximum absolute atomic E-state index is 13.4. The number of pyridine rings is 1. The smallest absolute Gasteiger partial charge is 0.368 e. The molecule has 0 aliphatic heterocycles. The Morgan fingerprint density at radius 3 is 2.46 bits per heavy atom. The van der Waals surface area contributed by atoms with E-state index in [2.05, 4.69) is 20.1 Å². The van der Waals surface area contributed by atoms with Gasteiger partial charge in [-0.15, -0.1) is 0 Å². The average Bonchev–Trinajstić information content (AvgIpc) is 3.17. The number of hydrogen-bond donors (Lipinski definition) is 1. The third-order valence-corrected chi connectivity index (χ3v) is 4.32. The molecule has 0 unspecified atom stereocenters. The van der Waals surface area contributed by atoms with E-state index in [1.807, 2.05) is 30.3 Å². The van der Waals surface area contributed by atoms with Gasteiger partial charge in [-0.3, -0.25) is 0 Å². The van der Waals surface area contributed by atoms with Crippen LogP contribution in [0.4, 0.5) is 19.1 Å². The van der Waals surface area contributed by atoms with Gasteiger partial charge in [-0.05, 0) is 24.1 Å². The van der Waals surface area contributed by atoms with Crippen LogP contribution in [0.3, 0.4) is 0 Å². The van der Waals surface area contributed by atoms with Crippen molar-refractivity contribution in [3.63, 3.8) is 0 Å². The zero-order valence-corrected chi connectivity index (χ0v) is 14.8. The molecule has 6 nitrogen and oxygen atoms in total. The Morgan fingerprint density at radius 2 is 1.79 bits per heavy atom. The summed E-state index contributed by atoms with van der Waals surface area (Å²) in [5, 5.41) is 4.03. The molecule has 0 amide bonds. The lowest BCUT2D eigenvalue weighted by Gasteiger charge is -2.15. The molecule has 0 aliphatic carbocycles. The quantitative estimate of drug-likeness (QED) is 0.577. The first kappa shape index (κ1) is 17.9. The summed E-state index contributed by atoms with van der Waals surface area (Å²) < 4.78 is 41.5. The van der Waals surface area contributed by atoms with Crippen LogP contribution in [-0.2, 0) is 12.6 Å². The van der Waals surface area contributed by atoms with E-state index < -0.39 is 11.9 Å². The topological polar surface area (TPSA) is 82.0 Å². The van der Waals surface area contributed by atoms with Gasteiger partial charge >= 0.3 is 6.18 Å². The number of nitrogen functional groups attached to an aromatic ring is 1. The highest BCUT2D eigenvalue weighted by Crippen LogP contribution is 2.37. The molecule has 9 heteroatoms. The summed E-state index contributed by atoms with van der Waals surface area (Å²) >= 11 is 0. The highest BCUT2D eigenvalue weighted by Gasteiger charge is 2.34. The lowest BCUT2D eigenvalue weighted by molar-refractivity contribution is -0.141. The molecule has 3 aromatic heterocycles. The van der Waals surface area contributed by atoms with E-state index in [0.717, 1.165) is 6.07 Å². The van der Waals surface area contributed by atoms with Gasteiger partial charge < -0.3 is 5.73 Å². The van der Waals surface area contributed by atoms with Crippen LogP contribution in [0.1, 0.15) is 18.3 Å². The van der Waals surface area contributed by atoms with Gasteiger partial charge in [-0.2, -0.15) is 22.8 Å². The van der Waals surface area contributed by atoms with Crippen molar-refractivity contribution in [3.8, 4) is 22.4 Å². The minimum Gasteiger partial charge on any atom is -0.368 e. The molecule has 0 saturated carbocycles. The minimum atomic E-state index is -4.57. The molecule has 0 atom stereocenters. The van der Waals surface area contributed by atoms with Crippen molar-refractivity contribution in [3.05, 3.63) is 60.2 Å². The maximum atomic E-state index is 13.4. The number of hydrogen-bond acceptors (Lipinski definition) is 5. The number of aryl methyl sites for hydroxylation is 1. The molecule has 0 radical (unpaired) electrons. The zero-order valence-electron chi connectivity index (χ0n) is 14.8. The predicted molar refractivity (Wildman–Crippen MR) is 98.2 cm³/mol. The highest BCUT2D eigenvalue weighted by molar-refractivity contribution is 5.90. The molecule has 4 rings (SSSR count). The molecule has 0 spiro atoms. The van der Waals surface area contributed by atoms with Crippen LogP contribution in [0.5, 0.6) is 0 Å². The monoisotopic (exact) mass is 384 g/mol. The number of rotatable bonds is 3. The van der Waals surface area contributed by atoms with Gasteiger partial charge in [-0.25, -0.2) is 15.0 Å². The summed E-state index contributed by atoms with van der Waals surface area (Å²) in [4.78, 5) is 12.3. The number of benzene rings is 1. The Balaban J connectivity index is 2.09. The SMILES string of the molecule is CCc1cc(-c2c(-c3ccccc3)nc(N)n3ncnc23)cc(C(F)(F)F)n1. The fourth-order valence-electron chi connectivity index (χ4n) is 3.03. The second-order valence-corrected chi connectivity index (χ2v) is 6.14. The second kappa shape index (κ2) is 6.59. The van der Waals surface area contributed by atoms with Crippen molar-refractivity contribution < 1.29 is 13.2 Å². The summed E-state index contributed by atoms with van der Waals surface area (Å²) in [6, 6.07) is 11.7. The standard InChI is InChI=1S/C19H15F3N6/c1-2-13-8-12(9-14(26-13)19(20,21)22)15-16(11-6-4-3-5-7-11)27-18(23)28-17(15)24-10-25-28/h3-10H,2H2,1H3,(H2,23,27). The Morgan fingerprint density at radius 1 is 1.04 bits per heavy atom. The predicted octanol–water partition coefficient (Wildman–Crippen LogP) is 4.02. The van der Waals surface area contributed by atoms with Gasteiger partial charge in [0.05, 0.1) is 11.3 Å². The number of fused-ring (bicyclic) bond motifs is 1. The number of anilines is 1. The summed E-state index contributed by atoms with van der Waals surface area (Å²) in [6.07, 6.45) is -2.93. The second-order valence-electron chi connectivity index (χ2n) is 6.14. The van der Waals surface area contributed by atoms with Crippen molar-refractivity contribution in [2.24, 2.45) is 0 Å². The first-order chi connectivity index (χ1) is 13.4. The van der Waals surface area contributed by atoms with Gasteiger partial charge in [0.1, 0.15) is 12.0 Å². The normalized spacial score (nSPS) is 11.9. The lowest BCUT2D eigenvalue weighted by Crippen LogP contribution is -2.11. The maximum Gasteiger partial charge on any atom is 0.433 e. The van der Waals surface area contributed by atoms with E-state index in [1.54, 1.807) is 13.0 Å². The summed E-state index contributed by atoms with van der Waals surface area (Å²) in [6.45, 7) is 1.75. The van der Waals surface area contributed by atoms with Crippen molar-refractivity contribution in [2.45, 2.75) is 19.5 Å². The fourth-order valence-corrected chi connectivity index (χ4v) is 3.03. The van der Waals surface area contributed by atoms with Crippen LogP contribution in [0.25, 0.3) is 28.0 Å². The van der Waals surface area contributed by atoms with Crippen molar-refractivity contribution in [1.29, 1.82) is 0 Å². The fraction of sp³-hybridized carbons (Fsp3) is 0.158. The third-order valence-electron chi connectivity index (χ3n) is 4.32. The van der Waals surface area contributed by atoms with Crippen molar-refractivity contribution in [1.82, 2.24) is 24.6 Å². The molecule has 0 saturated heterocycles. The van der Waals surface area contributed by atoms with E-state index >= 15 is 0 Å². The first-order valence-corrected chi connectivity index (χ1v) is 8.51. The van der Waals surface area contributed by atoms with Crippen molar-refractivity contribution in [2.75, 3.05) is 5.73 Å². The molecule has 2 N–H and O–H groups in total. The van der Waals surface area contributed by atoms with Crippen LogP contribution < -0.4 is 5.73 Å². The summed E-state index contributed by atoms with van der Waals surface area (Å²) in [5.74, 6) is 0.0934. The molecule has 0 fully saturated rings. The van der Waals surface area contributed by atoms with Crippen LogP contribution in [0, 0.1) is 0 Å². The zero-order chi connectivity index (χ0) is 19.9. The first-order valence-electron chi connectivity index (χ1n) is 8.51. The minimum absolute atomic E-state index is 0.0934. The number of alkyl halides is 3. The summed E-state index contributed by atoms with van der Waals surface area (Å²) in [5.41, 5.74) is 7.54. The summed E-state index contributed by atoms with van der Waals surface area (Å²) in [7, 11) is 0. The Bertz CT molecular complexity index is 1150. The lowest BCUT2D eigenvalue weighted by atomic mass is 9.99. The van der Waals surface area contributed by atoms with E-state index in [-0.39, 0.29) is 5.95 Å². The van der Waals surface area contributed by atoms with E-state index in [4.69, 9.17) is 5.73 Å². The number of halogens is 3. The molecular formula is C19H15F3N6. The van der Waals surface area contributed by atoms with Crippen LogP contribution >= 0.6 is 0 Å². The van der Waals surface area contributed by atoms with Crippen LogP contribution in [-0.4, -0.2) is 24.6 Å². The number of nitrogens with two attached hydrogens (primary N) is 1. The Hall–Kier alpha value is -3.49. The molecule has 3 heterocycles. The van der Waals surface area contributed by atoms with Crippen LogP contribution in [0.15, 0.2) is 48.8 Å². The van der Waals surface area contributed by atoms with E-state index in [0.29, 0.717) is 40.1 Å². The molecule has 0 aliphatic rings. The van der Waals surface area contributed by atoms with Gasteiger partial charge in [0.15, 0.2) is 5.65 Å². The average molecular weight is 384 g/mol. The van der Waals surface area contributed by atoms with Crippen LogP contribution in [0.2, 0.25) is 0 Å². The van der Waals surface area contributed by atoms with E-state index in [9.17, 15) is 13.2 Å². The van der Waals surface area contributed by atoms with Gasteiger partial charge in [0.25, 0.3) is 0 Å². The Labute approximate surface area is 157 Å². The molecule has 28 heavy (non-hydrogen) atoms. The van der Waals surface area contributed by atoms with Gasteiger partial charge in [-0.1, -0.05) is 37.3 Å². The largest absolute Gasteiger partial charge is 0.433 e. The van der Waals surface area contributed by atoms with E-state index in [1.165, 1.54) is 10.8 Å². The van der Waals surface area contributed by atoms with Gasteiger partial charge in [0, 0.05) is 11.3 Å². The van der Waals surface area contributed by atoms with Crippen molar-refractivity contribution >= 4 is 11.6 Å². The number of aromatic nitrogens is 5. The Kier molecular flexibility index (Phi) is 4.21.